The predicted molar refractivity (Wildman–Crippen MR) is 133 cm³/mol. The molecule has 0 atom stereocenters. The number of aryl methyl sites for hydroxylation is 1. The van der Waals surface area contributed by atoms with E-state index in [1.807, 2.05) is 24.3 Å². The van der Waals surface area contributed by atoms with Crippen LogP contribution in [0, 0.1) is 5.92 Å². The normalized spacial score (nSPS) is 11.4. The molecule has 182 valence electrons. The predicted octanol–water partition coefficient (Wildman–Crippen LogP) is 6.42. The van der Waals surface area contributed by atoms with Crippen LogP contribution in [0.2, 0.25) is 25.2 Å². The third-order valence-electron chi connectivity index (χ3n) is 5.76. The van der Waals surface area contributed by atoms with Gasteiger partial charge in [-0.25, -0.2) is 0 Å². The van der Waals surface area contributed by atoms with E-state index in [1.54, 1.807) is 13.8 Å². The summed E-state index contributed by atoms with van der Waals surface area (Å²) in [5.74, 6) is -1.04. The van der Waals surface area contributed by atoms with Gasteiger partial charge >= 0.3 is 11.9 Å². The third kappa shape index (κ3) is 11.7. The molecule has 0 aromatic heterocycles. The lowest BCUT2D eigenvalue weighted by molar-refractivity contribution is -0.161. The molecule has 0 amide bonds. The summed E-state index contributed by atoms with van der Waals surface area (Å²) < 4.78 is 16.0. The molecular formula is C26H44O5Si. The van der Waals surface area contributed by atoms with E-state index >= 15 is 0 Å². The fraction of sp³-hybridized carbons (Fsp3) is 0.692. The minimum atomic E-state index is -1.04. The Morgan fingerprint density at radius 3 is 1.94 bits per heavy atom. The summed E-state index contributed by atoms with van der Waals surface area (Å²) in [5.41, 5.74) is 1.05. The molecule has 32 heavy (non-hydrogen) atoms. The molecular weight excluding hydrogens is 420 g/mol. The first-order valence-electron chi connectivity index (χ1n) is 12.4. The summed E-state index contributed by atoms with van der Waals surface area (Å²) in [7, 11) is -1.04. The molecule has 0 fully saturated rings. The highest BCUT2D eigenvalue weighted by molar-refractivity contribution is 6.77. The number of hydrogen-bond acceptors (Lipinski definition) is 5. The Kier molecular flexibility index (Phi) is 14.0. The summed E-state index contributed by atoms with van der Waals surface area (Å²) in [5, 5.41) is 0. The van der Waals surface area contributed by atoms with Crippen molar-refractivity contribution in [3.8, 4) is 5.75 Å². The van der Waals surface area contributed by atoms with Crippen LogP contribution >= 0.6 is 0 Å². The lowest BCUT2D eigenvalue weighted by Crippen LogP contribution is -2.28. The smallest absolute Gasteiger partial charge is 0.320 e. The minimum absolute atomic E-state index is 0.249. The molecule has 6 heteroatoms. The van der Waals surface area contributed by atoms with Gasteiger partial charge in [0.1, 0.15) is 5.75 Å². The number of unbranched alkanes of at least 4 members (excludes halogenated alkanes) is 3. The molecule has 1 aromatic rings. The summed E-state index contributed by atoms with van der Waals surface area (Å²) in [6.07, 6.45) is 7.35. The van der Waals surface area contributed by atoms with E-state index < -0.39 is 25.9 Å². The summed E-state index contributed by atoms with van der Waals surface area (Å²) in [4.78, 5) is 24.2. The van der Waals surface area contributed by atoms with Gasteiger partial charge in [-0.2, -0.15) is 0 Å². The Hall–Kier alpha value is -1.82. The lowest BCUT2D eigenvalue weighted by Gasteiger charge is -2.22. The zero-order valence-corrected chi connectivity index (χ0v) is 21.9. The van der Waals surface area contributed by atoms with Gasteiger partial charge in [0, 0.05) is 8.07 Å². The van der Waals surface area contributed by atoms with Crippen LogP contribution in [0.3, 0.4) is 0 Å². The van der Waals surface area contributed by atoms with Crippen LogP contribution in [0.15, 0.2) is 24.3 Å². The van der Waals surface area contributed by atoms with E-state index in [-0.39, 0.29) is 13.2 Å². The molecule has 0 saturated heterocycles. The van der Waals surface area contributed by atoms with Crippen molar-refractivity contribution in [2.24, 2.45) is 5.92 Å². The average molecular weight is 465 g/mol. The summed E-state index contributed by atoms with van der Waals surface area (Å²) in [6.45, 7) is 12.0. The van der Waals surface area contributed by atoms with Crippen molar-refractivity contribution in [2.45, 2.75) is 90.9 Å². The Bertz CT molecular complexity index is 639. The minimum Gasteiger partial charge on any atom is -0.494 e. The van der Waals surface area contributed by atoms with Crippen molar-refractivity contribution in [1.29, 1.82) is 0 Å². The molecule has 5 nitrogen and oxygen atoms in total. The Labute approximate surface area is 196 Å². The number of carbonyl (C=O) groups excluding carboxylic acids is 2. The lowest BCUT2D eigenvalue weighted by atomic mass is 9.99. The van der Waals surface area contributed by atoms with Crippen molar-refractivity contribution in [3.63, 3.8) is 0 Å². The van der Waals surface area contributed by atoms with Gasteiger partial charge in [-0.1, -0.05) is 69.9 Å². The van der Waals surface area contributed by atoms with E-state index in [0.717, 1.165) is 24.3 Å². The maximum atomic E-state index is 12.1. The third-order valence-corrected chi connectivity index (χ3v) is 9.18. The molecule has 0 saturated carbocycles. The van der Waals surface area contributed by atoms with E-state index in [1.165, 1.54) is 37.8 Å². The maximum absolute atomic E-state index is 12.1. The Morgan fingerprint density at radius 1 is 0.844 bits per heavy atom. The Balaban J connectivity index is 2.39. The van der Waals surface area contributed by atoms with Crippen molar-refractivity contribution in [2.75, 3.05) is 19.8 Å². The SMILES string of the molecule is CCCCC[Si](C)(C)CCCCOc1ccc(CCC(C(=O)OCC)C(=O)OCC)cc1. The van der Waals surface area contributed by atoms with Crippen LogP contribution < -0.4 is 4.74 Å². The fourth-order valence-corrected chi connectivity index (χ4v) is 6.42. The number of hydrogen-bond donors (Lipinski definition) is 0. The van der Waals surface area contributed by atoms with Crippen LogP contribution in [-0.4, -0.2) is 39.8 Å². The molecule has 0 N–H and O–H groups in total. The van der Waals surface area contributed by atoms with E-state index in [0.29, 0.717) is 12.8 Å². The van der Waals surface area contributed by atoms with Crippen molar-refractivity contribution >= 4 is 20.0 Å². The summed E-state index contributed by atoms with van der Waals surface area (Å²) in [6, 6.07) is 10.7. The fourth-order valence-electron chi connectivity index (χ4n) is 3.76. The highest BCUT2D eigenvalue weighted by Gasteiger charge is 2.29. The molecule has 0 bridgehead atoms. The van der Waals surface area contributed by atoms with E-state index in [9.17, 15) is 9.59 Å². The monoisotopic (exact) mass is 464 g/mol. The molecule has 1 rings (SSSR count). The molecule has 0 radical (unpaired) electrons. The number of benzene rings is 1. The second-order valence-electron chi connectivity index (χ2n) is 9.17. The molecule has 0 heterocycles. The van der Waals surface area contributed by atoms with Crippen LogP contribution in [0.25, 0.3) is 0 Å². The first-order chi connectivity index (χ1) is 15.3. The summed E-state index contributed by atoms with van der Waals surface area (Å²) >= 11 is 0. The first-order valence-corrected chi connectivity index (χ1v) is 15.8. The second-order valence-corrected chi connectivity index (χ2v) is 14.5. The van der Waals surface area contributed by atoms with E-state index in [2.05, 4.69) is 20.0 Å². The van der Waals surface area contributed by atoms with Crippen LogP contribution in [-0.2, 0) is 25.5 Å². The van der Waals surface area contributed by atoms with Gasteiger partial charge in [0.2, 0.25) is 0 Å². The molecule has 0 unspecified atom stereocenters. The highest BCUT2D eigenvalue weighted by Crippen LogP contribution is 2.22. The van der Waals surface area contributed by atoms with Crippen molar-refractivity contribution in [3.05, 3.63) is 29.8 Å². The molecule has 0 aliphatic rings. The number of esters is 2. The molecule has 1 aromatic carbocycles. The van der Waals surface area contributed by atoms with Gasteiger partial charge in [-0.3, -0.25) is 9.59 Å². The van der Waals surface area contributed by atoms with E-state index in [4.69, 9.17) is 14.2 Å². The largest absolute Gasteiger partial charge is 0.494 e. The standard InChI is InChI=1S/C26H44O5Si/c1-6-9-11-20-32(4,5)21-12-10-19-31-23-16-13-22(14-17-23)15-18-24(25(27)29-7-2)26(28)30-8-3/h13-14,16-17,24H,6-12,15,18-21H2,1-5H3. The zero-order chi connectivity index (χ0) is 23.8. The highest BCUT2D eigenvalue weighted by atomic mass is 28.3. The average Bonchev–Trinajstić information content (AvgIpc) is 2.75. The first kappa shape index (κ1) is 28.2. The van der Waals surface area contributed by atoms with Gasteiger partial charge in [0.05, 0.1) is 19.8 Å². The van der Waals surface area contributed by atoms with Gasteiger partial charge in [-0.15, -0.1) is 0 Å². The second kappa shape index (κ2) is 15.9. The quantitative estimate of drug-likeness (QED) is 0.115. The number of carbonyl (C=O) groups is 2. The zero-order valence-electron chi connectivity index (χ0n) is 20.9. The van der Waals surface area contributed by atoms with Crippen LogP contribution in [0.1, 0.15) is 64.9 Å². The topological polar surface area (TPSA) is 61.8 Å². The maximum Gasteiger partial charge on any atom is 0.320 e. The Morgan fingerprint density at radius 2 is 1.41 bits per heavy atom. The van der Waals surface area contributed by atoms with Crippen LogP contribution in [0.4, 0.5) is 0 Å². The molecule has 0 aliphatic carbocycles. The van der Waals surface area contributed by atoms with Gasteiger partial charge in [-0.05, 0) is 50.8 Å². The van der Waals surface area contributed by atoms with Crippen molar-refractivity contribution in [1.82, 2.24) is 0 Å². The van der Waals surface area contributed by atoms with Gasteiger partial charge in [0.25, 0.3) is 0 Å². The molecule has 0 aliphatic heterocycles. The van der Waals surface area contributed by atoms with Gasteiger partial charge < -0.3 is 14.2 Å². The van der Waals surface area contributed by atoms with Crippen LogP contribution in [0.5, 0.6) is 5.75 Å². The van der Waals surface area contributed by atoms with Gasteiger partial charge in [0.15, 0.2) is 5.92 Å². The van der Waals surface area contributed by atoms with Crippen molar-refractivity contribution < 1.29 is 23.8 Å². The number of ether oxygens (including phenoxy) is 3. The number of rotatable bonds is 17. The molecule has 0 spiro atoms.